The van der Waals surface area contributed by atoms with E-state index in [2.05, 4.69) is 15.6 Å². The van der Waals surface area contributed by atoms with Crippen molar-refractivity contribution in [1.29, 1.82) is 0 Å². The number of methoxy groups -OCH3 is 1. The van der Waals surface area contributed by atoms with Crippen molar-refractivity contribution in [3.63, 3.8) is 0 Å². The number of rotatable bonds is 5. The van der Waals surface area contributed by atoms with Crippen LogP contribution in [0.2, 0.25) is 0 Å². The molecule has 2 N–H and O–H groups in total. The van der Waals surface area contributed by atoms with Gasteiger partial charge in [0.25, 0.3) is 5.91 Å². The average molecular weight is 463 g/mol. The molecule has 26 heavy (non-hydrogen) atoms. The maximum atomic E-state index is 14.2. The maximum absolute atomic E-state index is 14.2. The van der Waals surface area contributed by atoms with Crippen molar-refractivity contribution in [2.45, 2.75) is 0 Å². The largest absolute Gasteiger partial charge is 0.494 e. The Balaban J connectivity index is 1.94. The summed E-state index contributed by atoms with van der Waals surface area (Å²) in [6.45, 7) is 0. The van der Waals surface area contributed by atoms with E-state index in [0.29, 0.717) is 22.7 Å². The summed E-state index contributed by atoms with van der Waals surface area (Å²) in [6, 6.07) is 13.3. The molecular formula is C19H15FIN3O2. The molecular weight excluding hydrogens is 448 g/mol. The number of carbonyl (C=O) groups excluding carboxylic acids is 1. The number of halogens is 2. The van der Waals surface area contributed by atoms with Gasteiger partial charge in [-0.3, -0.25) is 9.78 Å². The minimum absolute atomic E-state index is 0.286. The van der Waals surface area contributed by atoms with E-state index < -0.39 is 5.82 Å². The normalized spacial score (nSPS) is 10.3. The number of hydrogen-bond donors (Lipinski definition) is 2. The van der Waals surface area contributed by atoms with Crippen LogP contribution in [0, 0.1) is 9.39 Å². The van der Waals surface area contributed by atoms with Gasteiger partial charge in [-0.2, -0.15) is 0 Å². The number of para-hydroxylation sites is 1. The Morgan fingerprint density at radius 3 is 2.58 bits per heavy atom. The number of nitrogens with one attached hydrogen (secondary N) is 2. The highest BCUT2D eigenvalue weighted by molar-refractivity contribution is 14.1. The molecule has 0 atom stereocenters. The Labute approximate surface area is 163 Å². The lowest BCUT2D eigenvalue weighted by Crippen LogP contribution is -2.13. The number of benzene rings is 2. The minimum atomic E-state index is -0.394. The van der Waals surface area contributed by atoms with Gasteiger partial charge in [0.2, 0.25) is 0 Å². The fourth-order valence-electron chi connectivity index (χ4n) is 2.36. The zero-order valence-electron chi connectivity index (χ0n) is 13.8. The first kappa shape index (κ1) is 18.1. The highest BCUT2D eigenvalue weighted by atomic mass is 127. The van der Waals surface area contributed by atoms with Gasteiger partial charge in [-0.15, -0.1) is 0 Å². The first-order valence-corrected chi connectivity index (χ1v) is 8.77. The smallest absolute Gasteiger partial charge is 0.255 e. The number of hydrogen-bond acceptors (Lipinski definition) is 4. The van der Waals surface area contributed by atoms with E-state index in [0.717, 1.165) is 3.57 Å². The van der Waals surface area contributed by atoms with Crippen LogP contribution in [0.3, 0.4) is 0 Å². The molecule has 0 aliphatic heterocycles. The van der Waals surface area contributed by atoms with Gasteiger partial charge < -0.3 is 15.4 Å². The monoisotopic (exact) mass is 463 g/mol. The van der Waals surface area contributed by atoms with E-state index >= 15 is 0 Å². The first-order chi connectivity index (χ1) is 12.6. The number of carbonyl (C=O) groups is 1. The van der Waals surface area contributed by atoms with E-state index in [1.165, 1.54) is 13.2 Å². The van der Waals surface area contributed by atoms with Crippen molar-refractivity contribution in [3.05, 3.63) is 75.9 Å². The van der Waals surface area contributed by atoms with Crippen molar-refractivity contribution in [2.24, 2.45) is 0 Å². The number of nitrogens with zero attached hydrogens (tertiary/aromatic N) is 1. The maximum Gasteiger partial charge on any atom is 0.255 e. The van der Waals surface area contributed by atoms with Gasteiger partial charge in [0, 0.05) is 21.5 Å². The van der Waals surface area contributed by atoms with E-state index in [1.807, 2.05) is 22.6 Å². The molecule has 0 saturated heterocycles. The van der Waals surface area contributed by atoms with Crippen molar-refractivity contribution in [2.75, 3.05) is 17.7 Å². The van der Waals surface area contributed by atoms with E-state index in [1.54, 1.807) is 54.9 Å². The predicted octanol–water partition coefficient (Wildman–Crippen LogP) is 4.83. The lowest BCUT2D eigenvalue weighted by atomic mass is 10.2. The van der Waals surface area contributed by atoms with Gasteiger partial charge in [0.15, 0.2) is 0 Å². The van der Waals surface area contributed by atoms with Gasteiger partial charge in [0.1, 0.15) is 17.3 Å². The summed E-state index contributed by atoms with van der Waals surface area (Å²) < 4.78 is 20.4. The second-order valence-electron chi connectivity index (χ2n) is 5.32. The van der Waals surface area contributed by atoms with Crippen LogP contribution in [0.5, 0.6) is 5.75 Å². The molecule has 0 spiro atoms. The summed E-state index contributed by atoms with van der Waals surface area (Å²) in [6.07, 6.45) is 3.08. The first-order valence-electron chi connectivity index (χ1n) is 7.69. The van der Waals surface area contributed by atoms with E-state index in [4.69, 9.17) is 4.74 Å². The van der Waals surface area contributed by atoms with Crippen LogP contribution in [0.25, 0.3) is 0 Å². The van der Waals surface area contributed by atoms with Crippen molar-refractivity contribution >= 4 is 45.6 Å². The molecule has 5 nitrogen and oxygen atoms in total. The van der Waals surface area contributed by atoms with Crippen molar-refractivity contribution in [1.82, 2.24) is 4.98 Å². The highest BCUT2D eigenvalue weighted by Gasteiger charge is 2.15. The fraction of sp³-hybridized carbons (Fsp3) is 0.0526. The molecule has 1 aromatic heterocycles. The molecule has 3 rings (SSSR count). The molecule has 1 amide bonds. The standard InChI is InChI=1S/C19H15FIN3O2/c1-26-17-4-2-3-16(24-19(25)12-7-9-22-10-8-12)18(17)23-15-6-5-13(21)11-14(15)20/h2-11,23H,1H3,(H,24,25). The third-order valence-corrected chi connectivity index (χ3v) is 4.30. The van der Waals surface area contributed by atoms with Crippen molar-refractivity contribution in [3.8, 4) is 5.75 Å². The molecule has 0 radical (unpaired) electrons. The minimum Gasteiger partial charge on any atom is -0.494 e. The van der Waals surface area contributed by atoms with Crippen LogP contribution in [0.4, 0.5) is 21.5 Å². The van der Waals surface area contributed by atoms with Crippen molar-refractivity contribution < 1.29 is 13.9 Å². The third-order valence-electron chi connectivity index (χ3n) is 3.63. The van der Waals surface area contributed by atoms with Gasteiger partial charge >= 0.3 is 0 Å². The summed E-state index contributed by atoms with van der Waals surface area (Å²) in [5.41, 5.74) is 1.70. The Kier molecular flexibility index (Phi) is 5.67. The number of amides is 1. The molecule has 0 aliphatic rings. The second-order valence-corrected chi connectivity index (χ2v) is 6.57. The number of pyridine rings is 1. The van der Waals surface area contributed by atoms with Crippen LogP contribution in [-0.2, 0) is 0 Å². The SMILES string of the molecule is COc1cccc(NC(=O)c2ccncc2)c1Nc1ccc(I)cc1F. The summed E-state index contributed by atoms with van der Waals surface area (Å²) >= 11 is 2.04. The molecule has 1 heterocycles. The Morgan fingerprint density at radius 2 is 1.88 bits per heavy atom. The molecule has 7 heteroatoms. The van der Waals surface area contributed by atoms with Crippen LogP contribution in [0.15, 0.2) is 60.9 Å². The molecule has 2 aromatic carbocycles. The summed E-state index contributed by atoms with van der Waals surface area (Å²) in [5, 5.41) is 5.83. The second kappa shape index (κ2) is 8.13. The lowest BCUT2D eigenvalue weighted by Gasteiger charge is -2.17. The Hall–Kier alpha value is -2.68. The molecule has 0 aliphatic carbocycles. The quantitative estimate of drug-likeness (QED) is 0.533. The highest BCUT2D eigenvalue weighted by Crippen LogP contribution is 2.36. The molecule has 0 fully saturated rings. The topological polar surface area (TPSA) is 63.2 Å². The van der Waals surface area contributed by atoms with Crippen LogP contribution >= 0.6 is 22.6 Å². The summed E-state index contributed by atoms with van der Waals surface area (Å²) in [4.78, 5) is 16.3. The summed E-state index contributed by atoms with van der Waals surface area (Å²) in [5.74, 6) is -0.212. The van der Waals surface area contributed by atoms with Gasteiger partial charge in [-0.25, -0.2) is 4.39 Å². The Morgan fingerprint density at radius 1 is 1.12 bits per heavy atom. The number of anilines is 3. The van der Waals surface area contributed by atoms with Gasteiger partial charge in [-0.05, 0) is 65.1 Å². The molecule has 0 saturated carbocycles. The molecule has 132 valence electrons. The molecule has 3 aromatic rings. The van der Waals surface area contributed by atoms with Gasteiger partial charge in [-0.1, -0.05) is 6.07 Å². The van der Waals surface area contributed by atoms with Crippen LogP contribution < -0.4 is 15.4 Å². The third kappa shape index (κ3) is 4.10. The van der Waals surface area contributed by atoms with Crippen LogP contribution in [0.1, 0.15) is 10.4 Å². The lowest BCUT2D eigenvalue weighted by molar-refractivity contribution is 0.102. The summed E-state index contributed by atoms with van der Waals surface area (Å²) in [7, 11) is 1.51. The van der Waals surface area contributed by atoms with E-state index in [9.17, 15) is 9.18 Å². The zero-order valence-corrected chi connectivity index (χ0v) is 16.0. The fourth-order valence-corrected chi connectivity index (χ4v) is 2.81. The Bertz CT molecular complexity index is 935. The number of aromatic nitrogens is 1. The molecule has 0 unspecified atom stereocenters. The number of ether oxygens (including phenoxy) is 1. The average Bonchev–Trinajstić information content (AvgIpc) is 2.65. The predicted molar refractivity (Wildman–Crippen MR) is 108 cm³/mol. The zero-order chi connectivity index (χ0) is 18.5. The van der Waals surface area contributed by atoms with Crippen LogP contribution in [-0.4, -0.2) is 18.0 Å². The van der Waals surface area contributed by atoms with E-state index in [-0.39, 0.29) is 11.6 Å². The molecule has 0 bridgehead atoms. The van der Waals surface area contributed by atoms with Gasteiger partial charge in [0.05, 0.1) is 18.5 Å².